The Morgan fingerprint density at radius 1 is 1.39 bits per heavy atom. The standard InChI is InChI=1S/C16H20N4O2.ClH/c1-11-4-6-12(7-5-11)15-19-14(22-20-15)8-10-18-16(21)13-3-2-9-17-13;/h4-7,13,17H,2-3,8-10H2,1H3,(H,18,21);1H. The fraction of sp³-hybridized carbons (Fsp3) is 0.438. The average molecular weight is 337 g/mol. The van der Waals surface area contributed by atoms with Gasteiger partial charge in [-0.3, -0.25) is 4.79 Å². The maximum atomic E-state index is 11.9. The van der Waals surface area contributed by atoms with Crippen molar-refractivity contribution in [1.82, 2.24) is 20.8 Å². The third-order valence-electron chi connectivity index (χ3n) is 3.79. The molecule has 1 aliphatic heterocycles. The predicted octanol–water partition coefficient (Wildman–Crippen LogP) is 1.88. The van der Waals surface area contributed by atoms with E-state index in [1.54, 1.807) is 0 Å². The van der Waals surface area contributed by atoms with Crippen molar-refractivity contribution in [1.29, 1.82) is 0 Å². The van der Waals surface area contributed by atoms with Crippen LogP contribution < -0.4 is 10.6 Å². The van der Waals surface area contributed by atoms with Gasteiger partial charge in [0.25, 0.3) is 0 Å². The van der Waals surface area contributed by atoms with Crippen LogP contribution in [0, 0.1) is 6.92 Å². The first-order chi connectivity index (χ1) is 10.7. The number of halogens is 1. The third-order valence-corrected chi connectivity index (χ3v) is 3.79. The number of nitrogens with zero attached hydrogens (tertiary/aromatic N) is 2. The van der Waals surface area contributed by atoms with E-state index < -0.39 is 0 Å². The van der Waals surface area contributed by atoms with Gasteiger partial charge in [-0.05, 0) is 26.3 Å². The summed E-state index contributed by atoms with van der Waals surface area (Å²) in [6.45, 7) is 3.46. The van der Waals surface area contributed by atoms with Gasteiger partial charge in [0.1, 0.15) is 0 Å². The molecule has 124 valence electrons. The highest BCUT2D eigenvalue weighted by atomic mass is 35.5. The van der Waals surface area contributed by atoms with E-state index in [-0.39, 0.29) is 24.4 Å². The SMILES string of the molecule is Cc1ccc(-c2noc(CCNC(=O)C3CCCN3)n2)cc1.Cl. The molecule has 2 aromatic rings. The van der Waals surface area contributed by atoms with E-state index in [4.69, 9.17) is 4.52 Å². The molecule has 1 aromatic heterocycles. The highest BCUT2D eigenvalue weighted by Gasteiger charge is 2.21. The van der Waals surface area contributed by atoms with Crippen LogP contribution >= 0.6 is 12.4 Å². The van der Waals surface area contributed by atoms with Gasteiger partial charge in [0, 0.05) is 18.5 Å². The molecule has 0 bridgehead atoms. The highest BCUT2D eigenvalue weighted by Crippen LogP contribution is 2.16. The van der Waals surface area contributed by atoms with Crippen molar-refractivity contribution in [2.24, 2.45) is 0 Å². The van der Waals surface area contributed by atoms with Crippen LogP contribution in [-0.2, 0) is 11.2 Å². The monoisotopic (exact) mass is 336 g/mol. The zero-order valence-electron chi connectivity index (χ0n) is 13.0. The van der Waals surface area contributed by atoms with Gasteiger partial charge in [-0.25, -0.2) is 0 Å². The second-order valence-corrected chi connectivity index (χ2v) is 5.57. The maximum absolute atomic E-state index is 11.9. The molecular weight excluding hydrogens is 316 g/mol. The Labute approximate surface area is 141 Å². The molecule has 1 atom stereocenters. The van der Waals surface area contributed by atoms with Crippen molar-refractivity contribution in [3.05, 3.63) is 35.7 Å². The van der Waals surface area contributed by atoms with Crippen molar-refractivity contribution in [2.45, 2.75) is 32.2 Å². The van der Waals surface area contributed by atoms with Crippen LogP contribution in [0.5, 0.6) is 0 Å². The summed E-state index contributed by atoms with van der Waals surface area (Å²) in [7, 11) is 0. The fourth-order valence-electron chi connectivity index (χ4n) is 2.50. The molecule has 0 aliphatic carbocycles. The van der Waals surface area contributed by atoms with E-state index in [9.17, 15) is 4.79 Å². The van der Waals surface area contributed by atoms with Crippen molar-refractivity contribution in [3.8, 4) is 11.4 Å². The van der Waals surface area contributed by atoms with Crippen molar-refractivity contribution in [2.75, 3.05) is 13.1 Å². The van der Waals surface area contributed by atoms with E-state index in [2.05, 4.69) is 20.8 Å². The van der Waals surface area contributed by atoms with E-state index in [1.807, 2.05) is 31.2 Å². The highest BCUT2D eigenvalue weighted by molar-refractivity contribution is 5.85. The number of carbonyl (C=O) groups is 1. The van der Waals surface area contributed by atoms with Crippen LogP contribution in [0.25, 0.3) is 11.4 Å². The lowest BCUT2D eigenvalue weighted by atomic mass is 10.1. The molecule has 1 aromatic carbocycles. The smallest absolute Gasteiger partial charge is 0.237 e. The van der Waals surface area contributed by atoms with E-state index >= 15 is 0 Å². The van der Waals surface area contributed by atoms with Gasteiger partial charge in [0.2, 0.25) is 17.6 Å². The lowest BCUT2D eigenvalue weighted by molar-refractivity contribution is -0.122. The molecule has 1 amide bonds. The number of amides is 1. The summed E-state index contributed by atoms with van der Waals surface area (Å²) in [6.07, 6.45) is 2.50. The molecular formula is C16H21ClN4O2. The second kappa shape index (κ2) is 8.08. The molecule has 3 rings (SSSR count). The molecule has 1 saturated heterocycles. The number of hydrogen-bond acceptors (Lipinski definition) is 5. The zero-order chi connectivity index (χ0) is 15.4. The van der Waals surface area contributed by atoms with Gasteiger partial charge in [-0.15, -0.1) is 12.4 Å². The van der Waals surface area contributed by atoms with Gasteiger partial charge in [0.05, 0.1) is 6.04 Å². The summed E-state index contributed by atoms with van der Waals surface area (Å²) in [5.74, 6) is 1.17. The summed E-state index contributed by atoms with van der Waals surface area (Å²) < 4.78 is 5.23. The molecule has 0 radical (unpaired) electrons. The van der Waals surface area contributed by atoms with Crippen molar-refractivity contribution < 1.29 is 9.32 Å². The Bertz CT molecular complexity index is 636. The molecule has 2 heterocycles. The minimum absolute atomic E-state index is 0. The minimum atomic E-state index is -0.0502. The Morgan fingerprint density at radius 2 is 2.17 bits per heavy atom. The first kappa shape index (κ1) is 17.4. The molecule has 0 saturated carbocycles. The van der Waals surface area contributed by atoms with Gasteiger partial charge >= 0.3 is 0 Å². The molecule has 23 heavy (non-hydrogen) atoms. The lowest BCUT2D eigenvalue weighted by Gasteiger charge is -2.09. The molecule has 6 nitrogen and oxygen atoms in total. The van der Waals surface area contributed by atoms with Crippen LogP contribution in [-0.4, -0.2) is 35.2 Å². The van der Waals surface area contributed by atoms with Crippen LogP contribution in [0.1, 0.15) is 24.3 Å². The first-order valence-corrected chi connectivity index (χ1v) is 7.63. The van der Waals surface area contributed by atoms with Crippen molar-refractivity contribution >= 4 is 18.3 Å². The van der Waals surface area contributed by atoms with Crippen LogP contribution in [0.2, 0.25) is 0 Å². The van der Waals surface area contributed by atoms with Crippen LogP contribution in [0.3, 0.4) is 0 Å². The topological polar surface area (TPSA) is 80.0 Å². The minimum Gasteiger partial charge on any atom is -0.354 e. The molecule has 1 fully saturated rings. The summed E-state index contributed by atoms with van der Waals surface area (Å²) in [5, 5.41) is 10.1. The van der Waals surface area contributed by atoms with Gasteiger partial charge in [-0.1, -0.05) is 35.0 Å². The quantitative estimate of drug-likeness (QED) is 0.871. The van der Waals surface area contributed by atoms with Gasteiger partial charge in [0.15, 0.2) is 0 Å². The number of aryl methyl sites for hydroxylation is 1. The number of hydrogen-bond donors (Lipinski definition) is 2. The zero-order valence-corrected chi connectivity index (χ0v) is 13.9. The number of carbonyl (C=O) groups excluding carboxylic acids is 1. The van der Waals surface area contributed by atoms with Crippen molar-refractivity contribution in [3.63, 3.8) is 0 Å². The van der Waals surface area contributed by atoms with Crippen LogP contribution in [0.15, 0.2) is 28.8 Å². The largest absolute Gasteiger partial charge is 0.354 e. The maximum Gasteiger partial charge on any atom is 0.237 e. The molecule has 0 spiro atoms. The Hall–Kier alpha value is -1.92. The van der Waals surface area contributed by atoms with Gasteiger partial charge in [-0.2, -0.15) is 4.98 Å². The van der Waals surface area contributed by atoms with E-state index in [1.165, 1.54) is 5.56 Å². The molecule has 1 aliphatic rings. The molecule has 7 heteroatoms. The predicted molar refractivity (Wildman–Crippen MR) is 89.5 cm³/mol. The van der Waals surface area contributed by atoms with E-state index in [0.29, 0.717) is 24.7 Å². The Balaban J connectivity index is 0.00000192. The van der Waals surface area contributed by atoms with E-state index in [0.717, 1.165) is 24.9 Å². The average Bonchev–Trinajstić information content (AvgIpc) is 3.19. The normalized spacial score (nSPS) is 16.8. The lowest BCUT2D eigenvalue weighted by Crippen LogP contribution is -2.41. The number of rotatable bonds is 5. The third kappa shape index (κ3) is 4.53. The summed E-state index contributed by atoms with van der Waals surface area (Å²) in [5.41, 5.74) is 2.12. The Kier molecular flexibility index (Phi) is 6.12. The molecule has 2 N–H and O–H groups in total. The Morgan fingerprint density at radius 3 is 2.87 bits per heavy atom. The second-order valence-electron chi connectivity index (χ2n) is 5.57. The number of nitrogens with one attached hydrogen (secondary N) is 2. The van der Waals surface area contributed by atoms with Gasteiger partial charge < -0.3 is 15.2 Å². The summed E-state index contributed by atoms with van der Waals surface area (Å²) >= 11 is 0. The summed E-state index contributed by atoms with van der Waals surface area (Å²) in [6, 6.07) is 7.92. The summed E-state index contributed by atoms with van der Waals surface area (Å²) in [4.78, 5) is 16.2. The molecule has 1 unspecified atom stereocenters. The van der Waals surface area contributed by atoms with Crippen LogP contribution in [0.4, 0.5) is 0 Å². The fourth-order valence-corrected chi connectivity index (χ4v) is 2.50. The first-order valence-electron chi connectivity index (χ1n) is 7.63. The number of aromatic nitrogens is 2. The number of benzene rings is 1.